The molecule has 9 heteroatoms. The molecule has 2 aliphatic heterocycles. The molecule has 9 nitrogen and oxygen atoms in total. The van der Waals surface area contributed by atoms with Gasteiger partial charge in [0.2, 0.25) is 11.7 Å². The average molecular weight is 359 g/mol. The summed E-state index contributed by atoms with van der Waals surface area (Å²) >= 11 is 0. The minimum atomic E-state index is -0.290. The van der Waals surface area contributed by atoms with Crippen LogP contribution in [-0.4, -0.2) is 65.8 Å². The normalized spacial score (nSPS) is 20.4. The molecule has 2 saturated heterocycles. The maximum Gasteiger partial charge on any atom is 0.292 e. The number of methoxy groups -OCH3 is 1. The summed E-state index contributed by atoms with van der Waals surface area (Å²) in [6.45, 7) is 3.28. The molecular formula is C17H21N5O4. The van der Waals surface area contributed by atoms with Crippen LogP contribution in [0.3, 0.4) is 0 Å². The number of anilines is 1. The van der Waals surface area contributed by atoms with Crippen LogP contribution in [0, 0.1) is 0 Å². The van der Waals surface area contributed by atoms with Gasteiger partial charge in [-0.3, -0.25) is 4.79 Å². The molecule has 2 fully saturated rings. The molecule has 0 radical (unpaired) electrons. The number of amides is 1. The zero-order valence-electron chi connectivity index (χ0n) is 14.6. The third kappa shape index (κ3) is 3.34. The molecule has 138 valence electrons. The second-order valence-corrected chi connectivity index (χ2v) is 6.32. The van der Waals surface area contributed by atoms with Gasteiger partial charge < -0.3 is 23.8 Å². The minimum absolute atomic E-state index is 0.156. The van der Waals surface area contributed by atoms with Crippen LogP contribution in [-0.2, 0) is 4.74 Å². The van der Waals surface area contributed by atoms with Gasteiger partial charge in [-0.05, 0) is 24.1 Å². The highest BCUT2D eigenvalue weighted by atomic mass is 16.5. The van der Waals surface area contributed by atoms with Gasteiger partial charge in [0.1, 0.15) is 6.10 Å². The lowest BCUT2D eigenvalue weighted by atomic mass is 10.2. The Kier molecular flexibility index (Phi) is 4.70. The summed E-state index contributed by atoms with van der Waals surface area (Å²) in [7, 11) is 1.48. The summed E-state index contributed by atoms with van der Waals surface area (Å²) in [5.74, 6) is 0.933. The van der Waals surface area contributed by atoms with Crippen LogP contribution in [0.4, 0.5) is 5.95 Å². The molecule has 0 saturated carbocycles. The fourth-order valence-electron chi connectivity index (χ4n) is 3.24. The Morgan fingerprint density at radius 1 is 1.31 bits per heavy atom. The lowest BCUT2D eigenvalue weighted by Crippen LogP contribution is -2.42. The molecule has 0 N–H and O–H groups in total. The lowest BCUT2D eigenvalue weighted by Gasteiger charge is -2.32. The van der Waals surface area contributed by atoms with Crippen molar-refractivity contribution in [3.8, 4) is 5.88 Å². The van der Waals surface area contributed by atoms with Crippen LogP contribution in [0.2, 0.25) is 0 Å². The van der Waals surface area contributed by atoms with Gasteiger partial charge in [0.05, 0.1) is 32.0 Å². The van der Waals surface area contributed by atoms with Crippen LogP contribution >= 0.6 is 0 Å². The van der Waals surface area contributed by atoms with Gasteiger partial charge in [0.25, 0.3) is 11.8 Å². The number of carbonyl (C=O) groups excluding carboxylic acids is 1. The summed E-state index contributed by atoms with van der Waals surface area (Å²) in [4.78, 5) is 25.5. The number of rotatable bonds is 4. The summed E-state index contributed by atoms with van der Waals surface area (Å²) in [6, 6.07) is 3.33. The van der Waals surface area contributed by atoms with Crippen molar-refractivity contribution in [1.82, 2.24) is 20.0 Å². The van der Waals surface area contributed by atoms with Crippen LogP contribution in [0.5, 0.6) is 5.88 Å². The topological polar surface area (TPSA) is 93.8 Å². The first-order valence-electron chi connectivity index (χ1n) is 8.74. The maximum atomic E-state index is 12.6. The number of ether oxygens (including phenoxy) is 2. The molecule has 26 heavy (non-hydrogen) atoms. The SMILES string of the molecule is COc1cc(C(=O)N2CCO[C@@H](c3ccnc(N4CCCC4)n3)C2)on1. The standard InChI is InChI=1S/C17H21N5O4/c1-24-15-10-13(26-20-15)16(23)22-8-9-25-14(11-22)12-4-5-18-17(19-12)21-6-2-3-7-21/h4-5,10,14H,2-3,6-9,11H2,1H3/t14-/m1/s1. The van der Waals surface area contributed by atoms with Gasteiger partial charge in [-0.2, -0.15) is 0 Å². The van der Waals surface area contributed by atoms with E-state index in [2.05, 4.69) is 20.0 Å². The van der Waals surface area contributed by atoms with E-state index in [-0.39, 0.29) is 23.7 Å². The number of carbonyl (C=O) groups is 1. The molecule has 4 rings (SSSR count). The number of hydrogen-bond acceptors (Lipinski definition) is 8. The highest BCUT2D eigenvalue weighted by Crippen LogP contribution is 2.24. The highest BCUT2D eigenvalue weighted by molar-refractivity contribution is 5.91. The van der Waals surface area contributed by atoms with Crippen molar-refractivity contribution in [2.24, 2.45) is 0 Å². The molecule has 2 aliphatic rings. The monoisotopic (exact) mass is 359 g/mol. The van der Waals surface area contributed by atoms with E-state index in [4.69, 9.17) is 14.0 Å². The first kappa shape index (κ1) is 16.8. The smallest absolute Gasteiger partial charge is 0.292 e. The summed E-state index contributed by atoms with van der Waals surface area (Å²) < 4.78 is 15.9. The zero-order valence-corrected chi connectivity index (χ0v) is 14.6. The average Bonchev–Trinajstić information content (AvgIpc) is 3.39. The Hall–Kier alpha value is -2.68. The molecule has 2 aromatic heterocycles. The number of hydrogen-bond donors (Lipinski definition) is 0. The van der Waals surface area contributed by atoms with Gasteiger partial charge in [-0.1, -0.05) is 0 Å². The van der Waals surface area contributed by atoms with E-state index >= 15 is 0 Å². The summed E-state index contributed by atoms with van der Waals surface area (Å²) in [5.41, 5.74) is 0.787. The van der Waals surface area contributed by atoms with Crippen molar-refractivity contribution in [1.29, 1.82) is 0 Å². The Bertz CT molecular complexity index is 774. The molecular weight excluding hydrogens is 338 g/mol. The van der Waals surface area contributed by atoms with Gasteiger partial charge in [-0.15, -0.1) is 0 Å². The molecule has 0 unspecified atom stereocenters. The lowest BCUT2D eigenvalue weighted by molar-refractivity contribution is -0.0258. The van der Waals surface area contributed by atoms with E-state index in [0.29, 0.717) is 19.7 Å². The second kappa shape index (κ2) is 7.28. The fraction of sp³-hybridized carbons (Fsp3) is 0.529. The first-order valence-corrected chi connectivity index (χ1v) is 8.74. The molecule has 0 bridgehead atoms. The van der Waals surface area contributed by atoms with Crippen LogP contribution in [0.1, 0.15) is 35.2 Å². The van der Waals surface area contributed by atoms with Crippen molar-refractivity contribution in [2.45, 2.75) is 18.9 Å². The molecule has 0 aliphatic carbocycles. The Morgan fingerprint density at radius 3 is 2.92 bits per heavy atom. The Morgan fingerprint density at radius 2 is 2.15 bits per heavy atom. The molecule has 1 amide bonds. The molecule has 2 aromatic rings. The third-order valence-electron chi connectivity index (χ3n) is 4.65. The van der Waals surface area contributed by atoms with E-state index in [1.54, 1.807) is 11.1 Å². The summed E-state index contributed by atoms with van der Waals surface area (Å²) in [5, 5.41) is 3.68. The molecule has 1 atom stereocenters. The Balaban J connectivity index is 1.48. The second-order valence-electron chi connectivity index (χ2n) is 6.32. The fourth-order valence-corrected chi connectivity index (χ4v) is 3.24. The number of nitrogens with zero attached hydrogens (tertiary/aromatic N) is 5. The largest absolute Gasteiger partial charge is 0.479 e. The van der Waals surface area contributed by atoms with Crippen LogP contribution < -0.4 is 9.64 Å². The van der Waals surface area contributed by atoms with Gasteiger partial charge in [-0.25, -0.2) is 9.97 Å². The minimum Gasteiger partial charge on any atom is -0.479 e. The summed E-state index contributed by atoms with van der Waals surface area (Å²) in [6.07, 6.45) is 3.79. The van der Waals surface area contributed by atoms with E-state index in [1.807, 2.05) is 6.07 Å². The van der Waals surface area contributed by atoms with Gasteiger partial charge in [0, 0.05) is 25.8 Å². The van der Waals surface area contributed by atoms with Crippen LogP contribution in [0.15, 0.2) is 22.9 Å². The van der Waals surface area contributed by atoms with E-state index in [0.717, 1.165) is 37.6 Å². The predicted octanol–water partition coefficient (Wildman–Crippen LogP) is 1.29. The van der Waals surface area contributed by atoms with E-state index in [9.17, 15) is 4.79 Å². The van der Waals surface area contributed by atoms with Gasteiger partial charge >= 0.3 is 0 Å². The van der Waals surface area contributed by atoms with Gasteiger partial charge in [0.15, 0.2) is 0 Å². The van der Waals surface area contributed by atoms with Crippen molar-refractivity contribution < 1.29 is 18.8 Å². The van der Waals surface area contributed by atoms with Crippen molar-refractivity contribution >= 4 is 11.9 Å². The van der Waals surface area contributed by atoms with E-state index < -0.39 is 0 Å². The first-order chi connectivity index (χ1) is 12.7. The quantitative estimate of drug-likeness (QED) is 0.806. The zero-order chi connectivity index (χ0) is 17.9. The molecule has 4 heterocycles. The third-order valence-corrected chi connectivity index (χ3v) is 4.65. The number of morpholine rings is 1. The highest BCUT2D eigenvalue weighted by Gasteiger charge is 2.29. The van der Waals surface area contributed by atoms with Crippen LogP contribution in [0.25, 0.3) is 0 Å². The van der Waals surface area contributed by atoms with Crippen molar-refractivity contribution in [3.63, 3.8) is 0 Å². The Labute approximate surface area is 150 Å². The van der Waals surface area contributed by atoms with E-state index in [1.165, 1.54) is 13.2 Å². The molecule has 0 aromatic carbocycles. The predicted molar refractivity (Wildman–Crippen MR) is 91.1 cm³/mol. The molecule has 0 spiro atoms. The van der Waals surface area contributed by atoms with Crippen molar-refractivity contribution in [2.75, 3.05) is 44.8 Å². The maximum absolute atomic E-state index is 12.6. The van der Waals surface area contributed by atoms with Crippen molar-refractivity contribution in [3.05, 3.63) is 29.8 Å². The number of aromatic nitrogens is 3.